The summed E-state index contributed by atoms with van der Waals surface area (Å²) in [5, 5.41) is 1.95. The van der Waals surface area contributed by atoms with Crippen LogP contribution in [0.25, 0.3) is 10.4 Å². The van der Waals surface area contributed by atoms with Crippen LogP contribution in [0.1, 0.15) is 0 Å². The van der Waals surface area contributed by atoms with Crippen molar-refractivity contribution in [1.82, 2.24) is 0 Å². The normalized spacial score (nSPS) is 10.3. The van der Waals surface area contributed by atoms with Crippen LogP contribution < -0.4 is 0 Å². The van der Waals surface area contributed by atoms with Gasteiger partial charge >= 0.3 is 0 Å². The van der Waals surface area contributed by atoms with E-state index in [2.05, 4.69) is 15.9 Å². The van der Waals surface area contributed by atoms with Crippen LogP contribution in [0.5, 0.6) is 0 Å². The average Bonchev–Trinajstić information content (AvgIpc) is 2.53. The monoisotopic (exact) mass is 256 g/mol. The molecule has 0 N–H and O–H groups in total. The van der Waals surface area contributed by atoms with E-state index in [1.807, 2.05) is 17.5 Å². The second kappa shape index (κ2) is 3.60. The Kier molecular flexibility index (Phi) is 2.47. The molecule has 0 aliphatic rings. The Morgan fingerprint density at radius 2 is 2.00 bits per heavy atom. The molecule has 3 heteroatoms. The minimum Gasteiger partial charge on any atom is -0.206 e. The zero-order valence-electron chi connectivity index (χ0n) is 6.63. The largest absolute Gasteiger partial charge is 0.206 e. The predicted molar refractivity (Wildman–Crippen MR) is 57.4 cm³/mol. The molecule has 0 saturated carbocycles. The molecule has 0 amide bonds. The lowest BCUT2D eigenvalue weighted by molar-refractivity contribution is 0.631. The summed E-state index contributed by atoms with van der Waals surface area (Å²) in [5.74, 6) is -0.170. The van der Waals surface area contributed by atoms with Gasteiger partial charge in [0.1, 0.15) is 5.82 Å². The first-order chi connectivity index (χ1) is 6.27. The van der Waals surface area contributed by atoms with Crippen molar-refractivity contribution in [3.8, 4) is 10.4 Å². The third-order valence-corrected chi connectivity index (χ3v) is 3.43. The molecule has 0 bridgehead atoms. The van der Waals surface area contributed by atoms with Crippen LogP contribution in [0.2, 0.25) is 0 Å². The van der Waals surface area contributed by atoms with Crippen molar-refractivity contribution in [3.63, 3.8) is 0 Å². The second-order valence-corrected chi connectivity index (χ2v) is 4.44. The van der Waals surface area contributed by atoms with Gasteiger partial charge in [-0.2, -0.15) is 0 Å². The Morgan fingerprint density at radius 1 is 1.23 bits per heavy atom. The summed E-state index contributed by atoms with van der Waals surface area (Å²) in [5.41, 5.74) is 0.665. The highest BCUT2D eigenvalue weighted by molar-refractivity contribution is 9.10. The van der Waals surface area contributed by atoms with E-state index >= 15 is 0 Å². The fourth-order valence-electron chi connectivity index (χ4n) is 1.12. The van der Waals surface area contributed by atoms with Crippen LogP contribution in [-0.4, -0.2) is 0 Å². The van der Waals surface area contributed by atoms with Crippen molar-refractivity contribution < 1.29 is 4.39 Å². The third kappa shape index (κ3) is 1.81. The van der Waals surface area contributed by atoms with Crippen LogP contribution >= 0.6 is 27.3 Å². The predicted octanol–water partition coefficient (Wildman–Crippen LogP) is 4.32. The summed E-state index contributed by atoms with van der Waals surface area (Å²) in [4.78, 5) is 0.949. The van der Waals surface area contributed by atoms with Gasteiger partial charge in [0.05, 0.1) is 0 Å². The van der Waals surface area contributed by atoms with E-state index in [1.54, 1.807) is 12.1 Å². The van der Waals surface area contributed by atoms with Gasteiger partial charge < -0.3 is 0 Å². The summed E-state index contributed by atoms with van der Waals surface area (Å²) in [6.07, 6.45) is 0. The summed E-state index contributed by atoms with van der Waals surface area (Å²) in [6.45, 7) is 0. The average molecular weight is 257 g/mol. The maximum Gasteiger partial charge on any atom is 0.131 e. The lowest BCUT2D eigenvalue weighted by Gasteiger charge is -1.97. The Hall–Kier alpha value is -0.670. The van der Waals surface area contributed by atoms with Gasteiger partial charge in [0, 0.05) is 20.3 Å². The number of hydrogen-bond donors (Lipinski definition) is 0. The van der Waals surface area contributed by atoms with Gasteiger partial charge in [0.25, 0.3) is 0 Å². The first-order valence-corrected chi connectivity index (χ1v) is 5.43. The molecule has 1 aromatic carbocycles. The Bertz CT molecular complexity index is 422. The van der Waals surface area contributed by atoms with Gasteiger partial charge in [-0.25, -0.2) is 4.39 Å². The molecule has 0 unspecified atom stereocenters. The van der Waals surface area contributed by atoms with Crippen molar-refractivity contribution in [1.29, 1.82) is 0 Å². The van der Waals surface area contributed by atoms with Crippen molar-refractivity contribution >= 4 is 27.3 Å². The number of rotatable bonds is 1. The van der Waals surface area contributed by atoms with Crippen molar-refractivity contribution in [2.75, 3.05) is 0 Å². The lowest BCUT2D eigenvalue weighted by atomic mass is 10.2. The molecule has 2 aromatic rings. The van der Waals surface area contributed by atoms with Crippen LogP contribution in [0.4, 0.5) is 4.39 Å². The van der Waals surface area contributed by atoms with Gasteiger partial charge in [-0.3, -0.25) is 0 Å². The van der Waals surface area contributed by atoms with E-state index in [0.717, 1.165) is 9.35 Å². The van der Waals surface area contributed by atoms with E-state index in [0.29, 0.717) is 5.56 Å². The highest BCUT2D eigenvalue weighted by Crippen LogP contribution is 2.31. The standard InChI is InChI=1S/C10H6BrFS/c11-7-5-10(13-6-7)8-3-1-2-4-9(8)12/h1-6H. The molecule has 1 aromatic heterocycles. The summed E-state index contributed by atoms with van der Waals surface area (Å²) in [6, 6.07) is 8.72. The summed E-state index contributed by atoms with van der Waals surface area (Å²) < 4.78 is 14.3. The van der Waals surface area contributed by atoms with Crippen LogP contribution in [-0.2, 0) is 0 Å². The van der Waals surface area contributed by atoms with E-state index in [9.17, 15) is 4.39 Å². The van der Waals surface area contributed by atoms with Crippen LogP contribution in [0.15, 0.2) is 40.2 Å². The van der Waals surface area contributed by atoms with E-state index in [-0.39, 0.29) is 5.82 Å². The molecular weight excluding hydrogens is 251 g/mol. The van der Waals surface area contributed by atoms with E-state index in [4.69, 9.17) is 0 Å². The molecule has 1 heterocycles. The van der Waals surface area contributed by atoms with Gasteiger partial charge in [-0.05, 0) is 28.1 Å². The fourth-order valence-corrected chi connectivity index (χ4v) is 2.57. The van der Waals surface area contributed by atoms with E-state index < -0.39 is 0 Å². The second-order valence-electron chi connectivity index (χ2n) is 2.61. The topological polar surface area (TPSA) is 0 Å². The molecule has 0 radical (unpaired) electrons. The zero-order chi connectivity index (χ0) is 9.26. The van der Waals surface area contributed by atoms with Gasteiger partial charge in [-0.15, -0.1) is 11.3 Å². The first kappa shape index (κ1) is 8.91. The minimum absolute atomic E-state index is 0.170. The minimum atomic E-state index is -0.170. The van der Waals surface area contributed by atoms with Gasteiger partial charge in [0.2, 0.25) is 0 Å². The molecule has 0 spiro atoms. The number of benzene rings is 1. The maximum absolute atomic E-state index is 13.3. The van der Waals surface area contributed by atoms with Gasteiger partial charge in [0.15, 0.2) is 0 Å². The number of thiophene rings is 1. The highest BCUT2D eigenvalue weighted by Gasteiger charge is 2.05. The van der Waals surface area contributed by atoms with Crippen molar-refractivity contribution in [3.05, 3.63) is 46.0 Å². The molecule has 2 rings (SSSR count). The molecule has 0 nitrogen and oxygen atoms in total. The zero-order valence-corrected chi connectivity index (χ0v) is 9.03. The Morgan fingerprint density at radius 3 is 2.62 bits per heavy atom. The van der Waals surface area contributed by atoms with Crippen molar-refractivity contribution in [2.24, 2.45) is 0 Å². The smallest absolute Gasteiger partial charge is 0.131 e. The fraction of sp³-hybridized carbons (Fsp3) is 0. The quantitative estimate of drug-likeness (QED) is 0.713. The molecule has 0 aliphatic heterocycles. The molecule has 13 heavy (non-hydrogen) atoms. The number of hydrogen-bond acceptors (Lipinski definition) is 1. The number of halogens is 2. The molecular formula is C10H6BrFS. The lowest BCUT2D eigenvalue weighted by Crippen LogP contribution is -1.78. The Balaban J connectivity index is 2.52. The maximum atomic E-state index is 13.3. The van der Waals surface area contributed by atoms with Crippen molar-refractivity contribution in [2.45, 2.75) is 0 Å². The van der Waals surface area contributed by atoms with Crippen LogP contribution in [0.3, 0.4) is 0 Å². The molecule has 0 atom stereocenters. The molecule has 0 saturated heterocycles. The van der Waals surface area contributed by atoms with Gasteiger partial charge in [-0.1, -0.05) is 18.2 Å². The molecule has 0 aliphatic carbocycles. The SMILES string of the molecule is Fc1ccccc1-c1cc(Br)cs1. The summed E-state index contributed by atoms with van der Waals surface area (Å²) >= 11 is 4.87. The van der Waals surface area contributed by atoms with Crippen LogP contribution in [0, 0.1) is 5.82 Å². The van der Waals surface area contributed by atoms with E-state index in [1.165, 1.54) is 17.4 Å². The third-order valence-electron chi connectivity index (χ3n) is 1.71. The summed E-state index contributed by atoms with van der Waals surface area (Å²) in [7, 11) is 0. The first-order valence-electron chi connectivity index (χ1n) is 3.76. The molecule has 66 valence electrons. The Labute approximate surface area is 88.2 Å². The highest BCUT2D eigenvalue weighted by atomic mass is 79.9. The molecule has 0 fully saturated rings.